The fourth-order valence-electron chi connectivity index (χ4n) is 2.79. The van der Waals surface area contributed by atoms with E-state index in [0.717, 1.165) is 18.9 Å². The van der Waals surface area contributed by atoms with Crippen LogP contribution in [0.4, 0.5) is 10.5 Å². The molecule has 0 amide bonds. The van der Waals surface area contributed by atoms with Gasteiger partial charge in [-0.2, -0.15) is 0 Å². The van der Waals surface area contributed by atoms with Gasteiger partial charge in [0, 0.05) is 30.2 Å². The van der Waals surface area contributed by atoms with Crippen LogP contribution in [0.15, 0.2) is 24.3 Å². The van der Waals surface area contributed by atoms with Crippen LogP contribution >= 0.6 is 21.6 Å². The van der Waals surface area contributed by atoms with Crippen molar-refractivity contribution in [1.29, 1.82) is 0 Å². The molecule has 1 aliphatic rings. The van der Waals surface area contributed by atoms with Crippen LogP contribution in [0.2, 0.25) is 0 Å². The molecule has 162 valence electrons. The lowest BCUT2D eigenvalue weighted by atomic mass is 10.2. The van der Waals surface area contributed by atoms with Crippen molar-refractivity contribution in [3.8, 4) is 5.75 Å². The van der Waals surface area contributed by atoms with Crippen LogP contribution in [0, 0.1) is 10.1 Å². The number of nitrogens with zero attached hydrogens (tertiary/aromatic N) is 2. The number of likely N-dealkylation sites (tertiary alicyclic amines) is 1. The molecule has 0 aromatic heterocycles. The van der Waals surface area contributed by atoms with Gasteiger partial charge in [0.05, 0.1) is 18.1 Å². The molecule has 1 saturated heterocycles. The van der Waals surface area contributed by atoms with Gasteiger partial charge in [-0.15, -0.1) is 0 Å². The third-order valence-electron chi connectivity index (χ3n) is 4.28. The first kappa shape index (κ1) is 23.8. The van der Waals surface area contributed by atoms with Gasteiger partial charge in [-0.05, 0) is 38.1 Å². The van der Waals surface area contributed by atoms with Crippen molar-refractivity contribution in [3.05, 3.63) is 34.4 Å². The molecule has 1 fully saturated rings. The molecule has 10 heteroatoms. The summed E-state index contributed by atoms with van der Waals surface area (Å²) in [5.41, 5.74) is -0.0648. The van der Waals surface area contributed by atoms with Crippen molar-refractivity contribution < 1.29 is 23.9 Å². The molecule has 0 N–H and O–H groups in total. The molecule has 0 saturated carbocycles. The first-order valence-corrected chi connectivity index (χ1v) is 12.3. The molecule has 0 radical (unpaired) electrons. The lowest BCUT2D eigenvalue weighted by molar-refractivity contribution is -0.384. The predicted octanol–water partition coefficient (Wildman–Crippen LogP) is 4.38. The largest absolute Gasteiger partial charge is 0.513 e. The molecule has 0 unspecified atom stereocenters. The second-order valence-electron chi connectivity index (χ2n) is 6.46. The summed E-state index contributed by atoms with van der Waals surface area (Å²) in [6, 6.07) is 5.25. The van der Waals surface area contributed by atoms with Gasteiger partial charge in [-0.1, -0.05) is 34.4 Å². The van der Waals surface area contributed by atoms with Crippen molar-refractivity contribution in [2.45, 2.75) is 25.7 Å². The van der Waals surface area contributed by atoms with Gasteiger partial charge in [0.25, 0.3) is 5.69 Å². The summed E-state index contributed by atoms with van der Waals surface area (Å²) in [5, 5.41) is 10.6. The topological polar surface area (TPSA) is 91.1 Å². The van der Waals surface area contributed by atoms with E-state index >= 15 is 0 Å². The van der Waals surface area contributed by atoms with Gasteiger partial charge in [0.1, 0.15) is 12.4 Å². The maximum atomic E-state index is 11.6. The Kier molecular flexibility index (Phi) is 11.9. The van der Waals surface area contributed by atoms with E-state index in [1.165, 1.54) is 63.0 Å². The van der Waals surface area contributed by atoms with Crippen LogP contribution in [0.3, 0.4) is 0 Å². The average molecular weight is 445 g/mol. The van der Waals surface area contributed by atoms with E-state index in [0.29, 0.717) is 12.4 Å². The number of hydrogen-bond acceptors (Lipinski definition) is 9. The molecule has 29 heavy (non-hydrogen) atoms. The van der Waals surface area contributed by atoms with E-state index in [1.54, 1.807) is 21.6 Å². The van der Waals surface area contributed by atoms with Gasteiger partial charge < -0.3 is 19.1 Å². The summed E-state index contributed by atoms with van der Waals surface area (Å²) < 4.78 is 15.6. The molecule has 0 spiro atoms. The Labute approximate surface area is 179 Å². The number of benzene rings is 1. The molecule has 1 aliphatic heterocycles. The normalized spacial score (nSPS) is 14.9. The zero-order valence-corrected chi connectivity index (χ0v) is 18.1. The summed E-state index contributed by atoms with van der Waals surface area (Å²) in [6.45, 7) is 5.14. The van der Waals surface area contributed by atoms with E-state index in [4.69, 9.17) is 14.2 Å². The molecule has 0 bridgehead atoms. The zero-order chi connectivity index (χ0) is 20.7. The van der Waals surface area contributed by atoms with Crippen molar-refractivity contribution in [2.24, 2.45) is 0 Å². The molecular weight excluding hydrogens is 416 g/mol. The third-order valence-corrected chi connectivity index (χ3v) is 6.61. The first-order chi connectivity index (χ1) is 14.1. The number of hydrogen-bond donors (Lipinski definition) is 0. The van der Waals surface area contributed by atoms with Crippen LogP contribution in [-0.4, -0.2) is 66.9 Å². The van der Waals surface area contributed by atoms with E-state index in [-0.39, 0.29) is 18.0 Å². The fourth-order valence-corrected chi connectivity index (χ4v) is 4.48. The lowest BCUT2D eigenvalue weighted by Gasteiger charge is -2.19. The highest BCUT2D eigenvalue weighted by molar-refractivity contribution is 8.76. The van der Waals surface area contributed by atoms with Crippen molar-refractivity contribution in [1.82, 2.24) is 4.90 Å². The molecule has 2 rings (SSSR count). The van der Waals surface area contributed by atoms with Gasteiger partial charge in [-0.25, -0.2) is 4.79 Å². The van der Waals surface area contributed by atoms with E-state index < -0.39 is 11.1 Å². The minimum Gasteiger partial charge on any atom is -0.433 e. The monoisotopic (exact) mass is 444 g/mol. The number of nitro groups is 1. The number of carbonyl (C=O) groups excluding carboxylic acids is 1. The summed E-state index contributed by atoms with van der Waals surface area (Å²) in [7, 11) is 3.30. The first-order valence-electron chi connectivity index (χ1n) is 9.79. The molecule has 8 nitrogen and oxygen atoms in total. The number of nitro benzene ring substituents is 1. The number of carbonyl (C=O) groups is 1. The molecule has 1 aromatic carbocycles. The molecule has 0 aliphatic carbocycles. The zero-order valence-electron chi connectivity index (χ0n) is 16.5. The van der Waals surface area contributed by atoms with Gasteiger partial charge in [0.15, 0.2) is 0 Å². The average Bonchev–Trinajstić information content (AvgIpc) is 2.98. The number of ether oxygens (including phenoxy) is 3. The van der Waals surface area contributed by atoms with Gasteiger partial charge in [-0.3, -0.25) is 10.1 Å². The lowest BCUT2D eigenvalue weighted by Crippen LogP contribution is -2.28. The SMILES string of the molecule is O=C(OCCSSCCOCCN1CCCCCC1)Oc1ccc([N+](=O)[O-])cc1. The highest BCUT2D eigenvalue weighted by atomic mass is 33.1. The maximum absolute atomic E-state index is 11.6. The van der Waals surface area contributed by atoms with E-state index in [1.807, 2.05) is 0 Å². The molecule has 0 atom stereocenters. The molecule has 1 heterocycles. The third kappa shape index (κ3) is 10.7. The summed E-state index contributed by atoms with van der Waals surface area (Å²) in [6.07, 6.45) is 4.49. The predicted molar refractivity (Wildman–Crippen MR) is 116 cm³/mol. The van der Waals surface area contributed by atoms with Crippen LogP contribution in [0.25, 0.3) is 0 Å². The minimum absolute atomic E-state index is 0.0648. The highest BCUT2D eigenvalue weighted by Crippen LogP contribution is 2.21. The number of non-ortho nitro benzene ring substituents is 1. The second kappa shape index (κ2) is 14.5. The molecule has 1 aromatic rings. The van der Waals surface area contributed by atoms with E-state index in [9.17, 15) is 14.9 Å². The van der Waals surface area contributed by atoms with Crippen molar-refractivity contribution in [3.63, 3.8) is 0 Å². The van der Waals surface area contributed by atoms with Crippen LogP contribution in [-0.2, 0) is 9.47 Å². The van der Waals surface area contributed by atoms with Crippen LogP contribution in [0.1, 0.15) is 25.7 Å². The van der Waals surface area contributed by atoms with Crippen molar-refractivity contribution >= 4 is 33.4 Å². The highest BCUT2D eigenvalue weighted by Gasteiger charge is 2.10. The Morgan fingerprint density at radius 2 is 1.66 bits per heavy atom. The van der Waals surface area contributed by atoms with Crippen LogP contribution < -0.4 is 4.74 Å². The molecular formula is C19H28N2O6S2. The minimum atomic E-state index is -0.818. The maximum Gasteiger partial charge on any atom is 0.513 e. The quantitative estimate of drug-likeness (QED) is 0.116. The van der Waals surface area contributed by atoms with E-state index in [2.05, 4.69) is 4.90 Å². The Hall–Kier alpha value is -1.49. The Morgan fingerprint density at radius 1 is 1.00 bits per heavy atom. The summed E-state index contributed by atoms with van der Waals surface area (Å²) in [5.74, 6) is 1.74. The van der Waals surface area contributed by atoms with Crippen LogP contribution in [0.5, 0.6) is 5.75 Å². The Morgan fingerprint density at radius 3 is 2.31 bits per heavy atom. The summed E-state index contributed by atoms with van der Waals surface area (Å²) in [4.78, 5) is 24.1. The fraction of sp³-hybridized carbons (Fsp3) is 0.632. The van der Waals surface area contributed by atoms with Gasteiger partial charge in [0.2, 0.25) is 0 Å². The van der Waals surface area contributed by atoms with Gasteiger partial charge >= 0.3 is 6.16 Å². The Balaban J connectivity index is 1.40. The second-order valence-corrected chi connectivity index (χ2v) is 9.17. The summed E-state index contributed by atoms with van der Waals surface area (Å²) >= 11 is 0. The number of rotatable bonds is 12. The standard InChI is InChI=1S/C19H28N2O6S2/c22-19(27-18-7-5-17(6-8-18)21(23)24)26-14-16-29-28-15-13-25-12-11-20-9-3-1-2-4-10-20/h5-8H,1-4,9-16H2. The van der Waals surface area contributed by atoms with Crippen molar-refractivity contribution in [2.75, 3.05) is 51.0 Å². The smallest absolute Gasteiger partial charge is 0.433 e. The Bertz CT molecular complexity index is 609.